The summed E-state index contributed by atoms with van der Waals surface area (Å²) in [6.07, 6.45) is 1.66. The van der Waals surface area contributed by atoms with E-state index in [0.29, 0.717) is 42.1 Å². The number of rotatable bonds is 10. The number of methoxy groups -OCH3 is 1. The molecule has 0 aliphatic carbocycles. The Morgan fingerprint density at radius 2 is 1.86 bits per heavy atom. The van der Waals surface area contributed by atoms with E-state index in [4.69, 9.17) is 18.9 Å². The van der Waals surface area contributed by atoms with Gasteiger partial charge >= 0.3 is 0 Å². The summed E-state index contributed by atoms with van der Waals surface area (Å²) in [6.45, 7) is 4.31. The van der Waals surface area contributed by atoms with Gasteiger partial charge in [0.05, 0.1) is 18.9 Å². The first-order valence-corrected chi connectivity index (χ1v) is 13.2. The van der Waals surface area contributed by atoms with E-state index in [1.165, 1.54) is 12.3 Å². The maximum Gasteiger partial charge on any atom is 0.233 e. The molecule has 0 fully saturated rings. The van der Waals surface area contributed by atoms with Crippen LogP contribution in [0.2, 0.25) is 0 Å². The predicted octanol–water partition coefficient (Wildman–Crippen LogP) is 3.21. The Hall–Kier alpha value is -3.41. The Morgan fingerprint density at radius 1 is 1.11 bits per heavy atom. The third-order valence-corrected chi connectivity index (χ3v) is 6.40. The molecule has 0 bridgehead atoms. The number of ether oxygens (including phenoxy) is 4. The summed E-state index contributed by atoms with van der Waals surface area (Å²) in [6, 6.07) is 11.8. The Balaban J connectivity index is 1.63. The molecule has 1 aliphatic heterocycles. The zero-order valence-corrected chi connectivity index (χ0v) is 21.3. The summed E-state index contributed by atoms with van der Waals surface area (Å²) in [5.74, 6) is 1.86. The topological polar surface area (TPSA) is 132 Å². The molecule has 0 amide bonds. The number of aliphatic hydroxyl groups is 1. The summed E-state index contributed by atoms with van der Waals surface area (Å²) in [7, 11) is -1.80. The molecule has 3 aromatic rings. The lowest BCUT2D eigenvalue weighted by molar-refractivity contribution is 0.0920. The Labute approximate surface area is 209 Å². The third kappa shape index (κ3) is 6.23. The van der Waals surface area contributed by atoms with E-state index in [1.807, 2.05) is 31.2 Å². The quantitative estimate of drug-likeness (QED) is 0.421. The van der Waals surface area contributed by atoms with E-state index >= 15 is 0 Å². The summed E-state index contributed by atoms with van der Waals surface area (Å²) in [5, 5.41) is 9.75. The van der Waals surface area contributed by atoms with Gasteiger partial charge in [-0.2, -0.15) is 0 Å². The summed E-state index contributed by atoms with van der Waals surface area (Å²) in [5.41, 5.74) is 2.25. The molecule has 10 nitrogen and oxygen atoms in total. The summed E-state index contributed by atoms with van der Waals surface area (Å²) in [4.78, 5) is 11.7. The van der Waals surface area contributed by atoms with Crippen LogP contribution in [0.4, 0.5) is 0 Å². The molecule has 2 N–H and O–H groups in total. The van der Waals surface area contributed by atoms with Gasteiger partial charge in [-0.05, 0) is 50.2 Å². The van der Waals surface area contributed by atoms with Crippen LogP contribution in [0.25, 0.3) is 11.3 Å². The predicted molar refractivity (Wildman–Crippen MR) is 134 cm³/mol. The first-order chi connectivity index (χ1) is 17.1. The first kappa shape index (κ1) is 25.7. The number of benzene rings is 1. The molecule has 2 aromatic heterocycles. The number of hydrogen-bond donors (Lipinski definition) is 2. The molecule has 11 heteroatoms. The van der Waals surface area contributed by atoms with Crippen LogP contribution in [-0.4, -0.2) is 74.2 Å². The van der Waals surface area contributed by atoms with E-state index in [9.17, 15) is 13.5 Å². The van der Waals surface area contributed by atoms with Gasteiger partial charge in [-0.1, -0.05) is 0 Å². The molecule has 0 spiro atoms. The number of pyridine rings is 1. The number of aromatic nitrogens is 2. The number of aliphatic hydroxyl groups excluding tert-OH is 1. The van der Waals surface area contributed by atoms with E-state index < -0.39 is 15.9 Å². The SMILES string of the molecule is COC[C@H](C)Oc1cc(Oc2ccc(S(C)(=O)=O)nc2)cc(-c2ccc(C3=N[C@H]([C@@H](C)O)CO3)[nH]2)c1. The molecule has 0 saturated heterocycles. The maximum absolute atomic E-state index is 11.7. The fourth-order valence-electron chi connectivity index (χ4n) is 3.61. The molecule has 3 atom stereocenters. The molecule has 1 aromatic carbocycles. The largest absolute Gasteiger partial charge is 0.488 e. The normalized spacial score (nSPS) is 17.2. The molecule has 192 valence electrons. The standard InChI is InChI=1S/C25H29N3O7S/c1-15(13-32-3)34-19-9-17(21-6-7-22(27-21)25-28-23(14-33-25)16(2)29)10-20(11-19)35-18-5-8-24(26-12-18)36(4,30)31/h5-12,15-16,23,27,29H,13-14H2,1-4H3/t15-,16+,23-/m0/s1. The van der Waals surface area contributed by atoms with Crippen LogP contribution in [0.1, 0.15) is 19.5 Å². The Kier molecular flexibility index (Phi) is 7.62. The number of sulfone groups is 1. The van der Waals surface area contributed by atoms with Crippen molar-refractivity contribution in [1.29, 1.82) is 0 Å². The highest BCUT2D eigenvalue weighted by molar-refractivity contribution is 7.90. The second kappa shape index (κ2) is 10.7. The van der Waals surface area contributed by atoms with Gasteiger partial charge in [0, 0.05) is 30.7 Å². The van der Waals surface area contributed by atoms with Crippen molar-refractivity contribution in [2.45, 2.75) is 37.1 Å². The lowest BCUT2D eigenvalue weighted by Gasteiger charge is -2.16. The number of hydrogen-bond acceptors (Lipinski definition) is 9. The second-order valence-electron chi connectivity index (χ2n) is 8.62. The number of aliphatic imine (C=N–C) groups is 1. The monoisotopic (exact) mass is 515 g/mol. The summed E-state index contributed by atoms with van der Waals surface area (Å²) < 4.78 is 46.2. The molecule has 1 aliphatic rings. The van der Waals surface area contributed by atoms with Crippen molar-refractivity contribution in [2.75, 3.05) is 26.6 Å². The maximum atomic E-state index is 11.7. The highest BCUT2D eigenvalue weighted by Crippen LogP contribution is 2.33. The highest BCUT2D eigenvalue weighted by atomic mass is 32.2. The van der Waals surface area contributed by atoms with Crippen LogP contribution in [0, 0.1) is 0 Å². The zero-order valence-electron chi connectivity index (χ0n) is 20.5. The smallest absolute Gasteiger partial charge is 0.233 e. The molecular weight excluding hydrogens is 486 g/mol. The number of H-pyrrole nitrogens is 1. The fraction of sp³-hybridized carbons (Fsp3) is 0.360. The van der Waals surface area contributed by atoms with Crippen LogP contribution in [0.3, 0.4) is 0 Å². The van der Waals surface area contributed by atoms with E-state index in [0.717, 1.165) is 17.5 Å². The number of nitrogens with zero attached hydrogens (tertiary/aromatic N) is 2. The second-order valence-corrected chi connectivity index (χ2v) is 10.6. The molecule has 36 heavy (non-hydrogen) atoms. The minimum atomic E-state index is -3.41. The molecule has 0 radical (unpaired) electrons. The van der Waals surface area contributed by atoms with Crippen LogP contribution in [-0.2, 0) is 19.3 Å². The molecule has 4 rings (SSSR count). The van der Waals surface area contributed by atoms with Crippen molar-refractivity contribution >= 4 is 15.7 Å². The highest BCUT2D eigenvalue weighted by Gasteiger charge is 2.25. The van der Waals surface area contributed by atoms with Crippen molar-refractivity contribution in [3.63, 3.8) is 0 Å². The van der Waals surface area contributed by atoms with Crippen molar-refractivity contribution in [1.82, 2.24) is 9.97 Å². The lowest BCUT2D eigenvalue weighted by atomic mass is 10.1. The van der Waals surface area contributed by atoms with Crippen molar-refractivity contribution in [3.05, 3.63) is 54.4 Å². The van der Waals surface area contributed by atoms with Crippen LogP contribution in [0.15, 0.2) is 58.7 Å². The van der Waals surface area contributed by atoms with Gasteiger partial charge in [0.1, 0.15) is 41.7 Å². The Bertz CT molecular complexity index is 1330. The number of nitrogens with one attached hydrogen (secondary N) is 1. The van der Waals surface area contributed by atoms with Gasteiger partial charge < -0.3 is 29.0 Å². The minimum absolute atomic E-state index is 0.0326. The van der Waals surface area contributed by atoms with E-state index in [-0.39, 0.29) is 17.2 Å². The van der Waals surface area contributed by atoms with Gasteiger partial charge in [0.15, 0.2) is 14.9 Å². The van der Waals surface area contributed by atoms with Gasteiger partial charge in [-0.25, -0.2) is 18.4 Å². The fourth-order valence-corrected chi connectivity index (χ4v) is 4.17. The van der Waals surface area contributed by atoms with Gasteiger partial charge in [-0.15, -0.1) is 0 Å². The average molecular weight is 516 g/mol. The summed E-state index contributed by atoms with van der Waals surface area (Å²) >= 11 is 0. The van der Waals surface area contributed by atoms with Gasteiger partial charge in [0.2, 0.25) is 5.90 Å². The lowest BCUT2D eigenvalue weighted by Crippen LogP contribution is -2.21. The molecule has 0 saturated carbocycles. The Morgan fingerprint density at radius 3 is 2.50 bits per heavy atom. The average Bonchev–Trinajstić information content (AvgIpc) is 3.49. The first-order valence-electron chi connectivity index (χ1n) is 11.4. The number of aromatic amines is 1. The van der Waals surface area contributed by atoms with Gasteiger partial charge in [-0.3, -0.25) is 0 Å². The van der Waals surface area contributed by atoms with Crippen LogP contribution in [0.5, 0.6) is 17.2 Å². The molecule has 0 unspecified atom stereocenters. The molecule has 3 heterocycles. The van der Waals surface area contributed by atoms with Crippen molar-refractivity contribution in [3.8, 4) is 28.5 Å². The van der Waals surface area contributed by atoms with Crippen molar-refractivity contribution in [2.24, 2.45) is 4.99 Å². The minimum Gasteiger partial charge on any atom is -0.488 e. The van der Waals surface area contributed by atoms with Gasteiger partial charge in [0.25, 0.3) is 0 Å². The van der Waals surface area contributed by atoms with Crippen LogP contribution < -0.4 is 9.47 Å². The molecular formula is C25H29N3O7S. The van der Waals surface area contributed by atoms with Crippen LogP contribution >= 0.6 is 0 Å². The van der Waals surface area contributed by atoms with Crippen molar-refractivity contribution < 1.29 is 32.5 Å². The zero-order chi connectivity index (χ0) is 25.9. The van der Waals surface area contributed by atoms with E-state index in [1.54, 1.807) is 26.2 Å². The van der Waals surface area contributed by atoms with E-state index in [2.05, 4.69) is 15.0 Å². The third-order valence-electron chi connectivity index (χ3n) is 5.40.